The van der Waals surface area contributed by atoms with Crippen molar-refractivity contribution in [2.24, 2.45) is 0 Å². The van der Waals surface area contributed by atoms with Gasteiger partial charge in [-0.1, -0.05) is 37.6 Å². The standard InChI is InChI=1S/C28H32FN3O4S/c1-3-4-7-21-10-12-22(13-11-21)30-37(34,35)23-14-15-25(29)24(20-23)28(33)32-18-16-31(17-19-32)26-8-5-6-9-27(26)36-2/h5-6,8-15,20,30H,3-4,7,16-19H2,1-2H3. The number of ether oxygens (including phenoxy) is 1. The minimum Gasteiger partial charge on any atom is -0.495 e. The van der Waals surface area contributed by atoms with Gasteiger partial charge in [0.05, 0.1) is 23.3 Å². The fourth-order valence-electron chi connectivity index (χ4n) is 4.38. The summed E-state index contributed by atoms with van der Waals surface area (Å²) in [5.74, 6) is -0.541. The van der Waals surface area contributed by atoms with Gasteiger partial charge in [0.25, 0.3) is 15.9 Å². The summed E-state index contributed by atoms with van der Waals surface area (Å²) in [5, 5.41) is 0. The number of sulfonamides is 1. The third-order valence-electron chi connectivity index (χ3n) is 6.50. The maximum atomic E-state index is 14.7. The van der Waals surface area contributed by atoms with E-state index in [0.29, 0.717) is 31.9 Å². The predicted octanol–water partition coefficient (Wildman–Crippen LogP) is 4.94. The number of para-hydroxylation sites is 2. The molecule has 3 aromatic rings. The second kappa shape index (κ2) is 11.6. The first-order valence-electron chi connectivity index (χ1n) is 12.4. The van der Waals surface area contributed by atoms with E-state index in [1.807, 2.05) is 36.4 Å². The number of aryl methyl sites for hydroxylation is 1. The van der Waals surface area contributed by atoms with E-state index < -0.39 is 21.7 Å². The third kappa shape index (κ3) is 6.22. The second-order valence-corrected chi connectivity index (χ2v) is 10.7. The second-order valence-electron chi connectivity index (χ2n) is 9.00. The number of nitrogens with one attached hydrogen (secondary N) is 1. The SMILES string of the molecule is CCCCc1ccc(NS(=O)(=O)c2ccc(F)c(C(=O)N3CCN(c4ccccc4OC)CC3)c2)cc1. The molecular weight excluding hydrogens is 493 g/mol. The van der Waals surface area contributed by atoms with Crippen molar-refractivity contribution in [3.05, 3.63) is 83.7 Å². The highest BCUT2D eigenvalue weighted by atomic mass is 32.2. The van der Waals surface area contributed by atoms with Crippen molar-refractivity contribution in [1.29, 1.82) is 0 Å². The van der Waals surface area contributed by atoms with Gasteiger partial charge in [-0.2, -0.15) is 0 Å². The van der Waals surface area contributed by atoms with Crippen LogP contribution in [-0.2, 0) is 16.4 Å². The predicted molar refractivity (Wildman–Crippen MR) is 143 cm³/mol. The molecule has 1 aliphatic heterocycles. The van der Waals surface area contributed by atoms with Crippen molar-refractivity contribution in [3.8, 4) is 5.75 Å². The molecule has 0 atom stereocenters. The van der Waals surface area contributed by atoms with Crippen LogP contribution >= 0.6 is 0 Å². The van der Waals surface area contributed by atoms with Crippen LogP contribution in [0.2, 0.25) is 0 Å². The van der Waals surface area contributed by atoms with Crippen molar-refractivity contribution < 1.29 is 22.3 Å². The van der Waals surface area contributed by atoms with E-state index in [2.05, 4.69) is 16.5 Å². The molecule has 0 radical (unpaired) electrons. The molecule has 37 heavy (non-hydrogen) atoms. The smallest absolute Gasteiger partial charge is 0.261 e. The summed E-state index contributed by atoms with van der Waals surface area (Å²) in [6.07, 6.45) is 3.07. The first kappa shape index (κ1) is 26.5. The molecule has 196 valence electrons. The highest BCUT2D eigenvalue weighted by Crippen LogP contribution is 2.29. The van der Waals surface area contributed by atoms with Crippen LogP contribution in [0.1, 0.15) is 35.7 Å². The number of carbonyl (C=O) groups is 1. The first-order chi connectivity index (χ1) is 17.8. The summed E-state index contributed by atoms with van der Waals surface area (Å²) < 4.78 is 48.7. The molecule has 1 N–H and O–H groups in total. The number of nitrogens with zero attached hydrogens (tertiary/aromatic N) is 2. The fraction of sp³-hybridized carbons (Fsp3) is 0.321. The van der Waals surface area contributed by atoms with Gasteiger partial charge in [0, 0.05) is 31.9 Å². The van der Waals surface area contributed by atoms with Crippen molar-refractivity contribution in [3.63, 3.8) is 0 Å². The lowest BCUT2D eigenvalue weighted by molar-refractivity contribution is 0.0741. The lowest BCUT2D eigenvalue weighted by Gasteiger charge is -2.36. The Bertz CT molecular complexity index is 1340. The molecule has 4 rings (SSSR count). The number of rotatable bonds is 9. The van der Waals surface area contributed by atoms with E-state index >= 15 is 0 Å². The molecule has 0 saturated carbocycles. The number of methoxy groups -OCH3 is 1. The number of unbranched alkanes of at least 4 members (excludes halogenated alkanes) is 1. The van der Waals surface area contributed by atoms with Crippen molar-refractivity contribution in [1.82, 2.24) is 4.90 Å². The molecular formula is C28H32FN3O4S. The lowest BCUT2D eigenvalue weighted by atomic mass is 10.1. The Kier molecular flexibility index (Phi) is 8.33. The number of piperazine rings is 1. The molecule has 0 spiro atoms. The average molecular weight is 526 g/mol. The van der Waals surface area contributed by atoms with Crippen LogP contribution in [0, 0.1) is 5.82 Å². The summed E-state index contributed by atoms with van der Waals surface area (Å²) in [6.45, 7) is 3.95. The van der Waals surface area contributed by atoms with Gasteiger partial charge in [-0.05, 0) is 60.9 Å². The summed E-state index contributed by atoms with van der Waals surface area (Å²) >= 11 is 0. The number of hydrogen-bond acceptors (Lipinski definition) is 5. The van der Waals surface area contributed by atoms with Gasteiger partial charge in [0.2, 0.25) is 0 Å². The molecule has 1 amide bonds. The largest absolute Gasteiger partial charge is 0.495 e. The molecule has 7 nitrogen and oxygen atoms in total. The maximum absolute atomic E-state index is 14.7. The van der Waals surface area contributed by atoms with Gasteiger partial charge >= 0.3 is 0 Å². The van der Waals surface area contributed by atoms with E-state index in [-0.39, 0.29) is 10.5 Å². The van der Waals surface area contributed by atoms with Gasteiger partial charge in [0.1, 0.15) is 11.6 Å². The van der Waals surface area contributed by atoms with Crippen molar-refractivity contribution in [2.45, 2.75) is 31.1 Å². The Labute approximate surface area is 217 Å². The monoisotopic (exact) mass is 525 g/mol. The van der Waals surface area contributed by atoms with Gasteiger partial charge in [-0.15, -0.1) is 0 Å². The van der Waals surface area contributed by atoms with E-state index in [1.54, 1.807) is 24.1 Å². The molecule has 3 aromatic carbocycles. The first-order valence-corrected chi connectivity index (χ1v) is 13.9. The molecule has 0 bridgehead atoms. The highest BCUT2D eigenvalue weighted by Gasteiger charge is 2.27. The minimum absolute atomic E-state index is 0.167. The zero-order valence-electron chi connectivity index (χ0n) is 21.1. The van der Waals surface area contributed by atoms with Crippen LogP contribution < -0.4 is 14.4 Å². The zero-order valence-corrected chi connectivity index (χ0v) is 21.9. The summed E-state index contributed by atoms with van der Waals surface area (Å²) in [4.78, 5) is 16.7. The number of amides is 1. The Morgan fingerprint density at radius 2 is 1.70 bits per heavy atom. The van der Waals surface area contributed by atoms with Crippen molar-refractivity contribution >= 4 is 27.3 Å². The van der Waals surface area contributed by atoms with Gasteiger partial charge < -0.3 is 14.5 Å². The number of anilines is 2. The summed E-state index contributed by atoms with van der Waals surface area (Å²) in [6, 6.07) is 18.1. The van der Waals surface area contributed by atoms with Crippen molar-refractivity contribution in [2.75, 3.05) is 42.9 Å². The van der Waals surface area contributed by atoms with Gasteiger partial charge in [-0.25, -0.2) is 12.8 Å². The third-order valence-corrected chi connectivity index (χ3v) is 7.88. The minimum atomic E-state index is -4.01. The molecule has 1 aliphatic rings. The van der Waals surface area contributed by atoms with Crippen LogP contribution in [0.15, 0.2) is 71.6 Å². The molecule has 0 unspecified atom stereocenters. The zero-order chi connectivity index (χ0) is 26.4. The number of benzene rings is 3. The van der Waals surface area contributed by atoms with E-state index in [0.717, 1.165) is 48.4 Å². The quantitative estimate of drug-likeness (QED) is 0.428. The molecule has 1 saturated heterocycles. The number of halogens is 1. The fourth-order valence-corrected chi connectivity index (χ4v) is 5.47. The normalized spacial score (nSPS) is 13.9. The van der Waals surface area contributed by atoms with Crippen LogP contribution in [0.5, 0.6) is 5.75 Å². The Balaban J connectivity index is 1.46. The van der Waals surface area contributed by atoms with E-state index in [4.69, 9.17) is 4.74 Å². The highest BCUT2D eigenvalue weighted by molar-refractivity contribution is 7.92. The molecule has 1 heterocycles. The molecule has 1 fully saturated rings. The van der Waals surface area contributed by atoms with Gasteiger partial charge in [-0.3, -0.25) is 9.52 Å². The Morgan fingerprint density at radius 3 is 2.38 bits per heavy atom. The lowest BCUT2D eigenvalue weighted by Crippen LogP contribution is -2.49. The Hall–Kier alpha value is -3.59. The average Bonchev–Trinajstić information content (AvgIpc) is 2.92. The number of hydrogen-bond donors (Lipinski definition) is 1. The van der Waals surface area contributed by atoms with Crippen LogP contribution in [0.3, 0.4) is 0 Å². The Morgan fingerprint density at radius 1 is 1.00 bits per heavy atom. The molecule has 9 heteroatoms. The molecule has 0 aliphatic carbocycles. The summed E-state index contributed by atoms with van der Waals surface area (Å²) in [5.41, 5.74) is 2.21. The topological polar surface area (TPSA) is 79.0 Å². The van der Waals surface area contributed by atoms with E-state index in [9.17, 15) is 17.6 Å². The van der Waals surface area contributed by atoms with E-state index in [1.165, 1.54) is 6.07 Å². The van der Waals surface area contributed by atoms with Crippen LogP contribution in [-0.4, -0.2) is 52.5 Å². The van der Waals surface area contributed by atoms with Crippen LogP contribution in [0.4, 0.5) is 15.8 Å². The van der Waals surface area contributed by atoms with Crippen LogP contribution in [0.25, 0.3) is 0 Å². The number of carbonyl (C=O) groups excluding carboxylic acids is 1. The maximum Gasteiger partial charge on any atom is 0.261 e. The molecule has 0 aromatic heterocycles. The van der Waals surface area contributed by atoms with Gasteiger partial charge in [0.15, 0.2) is 0 Å². The summed E-state index contributed by atoms with van der Waals surface area (Å²) in [7, 11) is -2.40.